The molecule has 0 saturated carbocycles. The van der Waals surface area contributed by atoms with E-state index in [0.717, 1.165) is 50.5 Å². The van der Waals surface area contributed by atoms with E-state index in [4.69, 9.17) is 14.7 Å². The van der Waals surface area contributed by atoms with Crippen molar-refractivity contribution in [2.75, 3.05) is 38.2 Å². The molecule has 3 aromatic carbocycles. The molecule has 0 bridgehead atoms. The number of methoxy groups -OCH3 is 1. The molecule has 1 fully saturated rings. The van der Waals surface area contributed by atoms with E-state index in [2.05, 4.69) is 27.8 Å². The third-order valence-electron chi connectivity index (χ3n) is 7.16. The van der Waals surface area contributed by atoms with Crippen LogP contribution in [-0.2, 0) is 0 Å². The molecule has 7 nitrogen and oxygen atoms in total. The Morgan fingerprint density at radius 3 is 2.24 bits per heavy atom. The van der Waals surface area contributed by atoms with E-state index >= 15 is 0 Å². The smallest absolute Gasteiger partial charge is 0.253 e. The van der Waals surface area contributed by atoms with Crippen molar-refractivity contribution in [2.45, 2.75) is 6.92 Å². The number of nitrogens with zero attached hydrogens (tertiary/aromatic N) is 5. The zero-order chi connectivity index (χ0) is 26.1. The molecule has 5 aromatic rings. The van der Waals surface area contributed by atoms with Gasteiger partial charge in [-0.3, -0.25) is 4.79 Å². The van der Waals surface area contributed by atoms with Crippen molar-refractivity contribution in [3.63, 3.8) is 0 Å². The molecular weight excluding hydrogens is 474 g/mol. The standard InChI is InChI=1S/C31H29N5O2/c1-22-8-10-24(11-9-22)31(37)35-18-16-34(17-19-35)29-28-27(23-6-4-3-5-7-23)20-36(30(28)33-21-32-29)25-12-14-26(38-2)15-13-25/h3-15,20-21H,16-19H2,1-2H3. The van der Waals surface area contributed by atoms with E-state index in [-0.39, 0.29) is 5.91 Å². The Balaban J connectivity index is 1.36. The monoisotopic (exact) mass is 503 g/mol. The number of aromatic nitrogens is 3. The van der Waals surface area contributed by atoms with Gasteiger partial charge in [-0.1, -0.05) is 48.0 Å². The average Bonchev–Trinajstić information content (AvgIpc) is 3.38. The minimum absolute atomic E-state index is 0.0770. The van der Waals surface area contributed by atoms with Crippen molar-refractivity contribution in [3.05, 3.63) is 103 Å². The normalized spacial score (nSPS) is 13.6. The van der Waals surface area contributed by atoms with Crippen LogP contribution in [-0.4, -0.2) is 58.6 Å². The lowest BCUT2D eigenvalue weighted by molar-refractivity contribution is 0.0746. The highest BCUT2D eigenvalue weighted by atomic mass is 16.5. The molecule has 0 unspecified atom stereocenters. The van der Waals surface area contributed by atoms with Crippen molar-refractivity contribution in [3.8, 4) is 22.6 Å². The molecule has 0 radical (unpaired) electrons. The molecule has 1 saturated heterocycles. The number of fused-ring (bicyclic) bond motifs is 1. The van der Waals surface area contributed by atoms with Gasteiger partial charge in [0.1, 0.15) is 17.9 Å². The molecule has 2 aromatic heterocycles. The lowest BCUT2D eigenvalue weighted by atomic mass is 10.1. The van der Waals surface area contributed by atoms with Crippen LogP contribution in [0.2, 0.25) is 0 Å². The molecule has 0 aliphatic carbocycles. The highest BCUT2D eigenvalue weighted by molar-refractivity contribution is 6.02. The van der Waals surface area contributed by atoms with E-state index in [1.54, 1.807) is 13.4 Å². The van der Waals surface area contributed by atoms with Crippen LogP contribution < -0.4 is 9.64 Å². The maximum absolute atomic E-state index is 13.1. The minimum Gasteiger partial charge on any atom is -0.497 e. The minimum atomic E-state index is 0.0770. The van der Waals surface area contributed by atoms with E-state index in [1.165, 1.54) is 0 Å². The SMILES string of the molecule is COc1ccc(-n2cc(-c3ccccc3)c3c(N4CCN(C(=O)c5ccc(C)cc5)CC4)ncnc32)cc1. The Morgan fingerprint density at radius 2 is 1.55 bits per heavy atom. The van der Waals surface area contributed by atoms with Crippen LogP contribution in [0.1, 0.15) is 15.9 Å². The molecule has 0 spiro atoms. The Bertz CT molecular complexity index is 1570. The molecule has 7 heteroatoms. The fourth-order valence-electron chi connectivity index (χ4n) is 5.06. The quantitative estimate of drug-likeness (QED) is 0.323. The van der Waals surface area contributed by atoms with Crippen molar-refractivity contribution >= 4 is 22.8 Å². The number of anilines is 1. The van der Waals surface area contributed by atoms with Crippen LogP contribution in [0.15, 0.2) is 91.4 Å². The summed E-state index contributed by atoms with van der Waals surface area (Å²) in [5.41, 5.74) is 5.90. The Hall–Kier alpha value is -4.65. The first-order valence-electron chi connectivity index (χ1n) is 12.8. The van der Waals surface area contributed by atoms with Crippen LogP contribution in [0.4, 0.5) is 5.82 Å². The number of piperazine rings is 1. The van der Waals surface area contributed by atoms with Gasteiger partial charge in [0.15, 0.2) is 5.65 Å². The van der Waals surface area contributed by atoms with Gasteiger partial charge in [0.25, 0.3) is 5.91 Å². The maximum Gasteiger partial charge on any atom is 0.253 e. The van der Waals surface area contributed by atoms with Crippen LogP contribution in [0.5, 0.6) is 5.75 Å². The van der Waals surface area contributed by atoms with Crippen molar-refractivity contribution < 1.29 is 9.53 Å². The van der Waals surface area contributed by atoms with Crippen LogP contribution >= 0.6 is 0 Å². The maximum atomic E-state index is 13.1. The van der Waals surface area contributed by atoms with Crippen molar-refractivity contribution in [1.29, 1.82) is 0 Å². The second kappa shape index (κ2) is 10.0. The van der Waals surface area contributed by atoms with E-state index in [9.17, 15) is 4.79 Å². The summed E-state index contributed by atoms with van der Waals surface area (Å²) in [5, 5.41) is 1.01. The number of rotatable bonds is 5. The molecule has 38 heavy (non-hydrogen) atoms. The summed E-state index contributed by atoms with van der Waals surface area (Å²) in [5.74, 6) is 1.78. The molecule has 190 valence electrons. The second-order valence-electron chi connectivity index (χ2n) is 9.52. The van der Waals surface area contributed by atoms with Gasteiger partial charge in [-0.05, 0) is 48.9 Å². The van der Waals surface area contributed by atoms with Crippen LogP contribution in [0.3, 0.4) is 0 Å². The fraction of sp³-hybridized carbons (Fsp3) is 0.194. The number of aryl methyl sites for hydroxylation is 1. The molecule has 1 amide bonds. The topological polar surface area (TPSA) is 63.5 Å². The number of hydrogen-bond donors (Lipinski definition) is 0. The zero-order valence-electron chi connectivity index (χ0n) is 21.5. The predicted octanol–water partition coefficient (Wildman–Crippen LogP) is 5.37. The van der Waals surface area contributed by atoms with Gasteiger partial charge in [-0.25, -0.2) is 9.97 Å². The first kappa shape index (κ1) is 23.7. The summed E-state index contributed by atoms with van der Waals surface area (Å²) >= 11 is 0. The lowest BCUT2D eigenvalue weighted by Gasteiger charge is -2.35. The fourth-order valence-corrected chi connectivity index (χ4v) is 5.06. The molecule has 0 N–H and O–H groups in total. The number of carbonyl (C=O) groups is 1. The summed E-state index contributed by atoms with van der Waals surface area (Å²) in [4.78, 5) is 26.8. The Kier molecular flexibility index (Phi) is 6.25. The van der Waals surface area contributed by atoms with E-state index in [1.807, 2.05) is 78.6 Å². The second-order valence-corrected chi connectivity index (χ2v) is 9.52. The average molecular weight is 504 g/mol. The summed E-state index contributed by atoms with van der Waals surface area (Å²) in [6.07, 6.45) is 3.77. The van der Waals surface area contributed by atoms with Gasteiger partial charge in [0, 0.05) is 49.2 Å². The van der Waals surface area contributed by atoms with Crippen molar-refractivity contribution in [1.82, 2.24) is 19.4 Å². The van der Waals surface area contributed by atoms with Gasteiger partial charge < -0.3 is 19.1 Å². The summed E-state index contributed by atoms with van der Waals surface area (Å²) in [6.45, 7) is 4.70. The molecule has 3 heterocycles. The highest BCUT2D eigenvalue weighted by Crippen LogP contribution is 2.37. The van der Waals surface area contributed by atoms with Gasteiger partial charge in [-0.15, -0.1) is 0 Å². The van der Waals surface area contributed by atoms with Crippen LogP contribution in [0, 0.1) is 6.92 Å². The summed E-state index contributed by atoms with van der Waals surface area (Å²) in [6, 6.07) is 26.1. The summed E-state index contributed by atoms with van der Waals surface area (Å²) < 4.78 is 7.47. The first-order valence-corrected chi connectivity index (χ1v) is 12.8. The predicted molar refractivity (Wildman–Crippen MR) is 150 cm³/mol. The molecular formula is C31H29N5O2. The summed E-state index contributed by atoms with van der Waals surface area (Å²) in [7, 11) is 1.67. The van der Waals surface area contributed by atoms with E-state index < -0.39 is 0 Å². The Morgan fingerprint density at radius 1 is 0.842 bits per heavy atom. The highest BCUT2D eigenvalue weighted by Gasteiger charge is 2.26. The number of benzene rings is 3. The van der Waals surface area contributed by atoms with E-state index in [0.29, 0.717) is 26.2 Å². The number of carbonyl (C=O) groups excluding carboxylic acids is 1. The van der Waals surface area contributed by atoms with Gasteiger partial charge in [-0.2, -0.15) is 0 Å². The third-order valence-corrected chi connectivity index (χ3v) is 7.16. The lowest BCUT2D eigenvalue weighted by Crippen LogP contribution is -2.49. The Labute approximate surface area is 221 Å². The zero-order valence-corrected chi connectivity index (χ0v) is 21.5. The number of ether oxygens (including phenoxy) is 1. The molecule has 1 aliphatic rings. The van der Waals surface area contributed by atoms with Crippen molar-refractivity contribution in [2.24, 2.45) is 0 Å². The molecule has 0 atom stereocenters. The number of amides is 1. The largest absolute Gasteiger partial charge is 0.497 e. The third kappa shape index (κ3) is 4.36. The first-order chi connectivity index (χ1) is 18.6. The van der Waals surface area contributed by atoms with Gasteiger partial charge >= 0.3 is 0 Å². The van der Waals surface area contributed by atoms with Crippen LogP contribution in [0.25, 0.3) is 27.8 Å². The van der Waals surface area contributed by atoms with Gasteiger partial charge in [0.05, 0.1) is 12.5 Å². The molecule has 6 rings (SSSR count). The number of hydrogen-bond acceptors (Lipinski definition) is 5. The molecule has 1 aliphatic heterocycles. The van der Waals surface area contributed by atoms with Gasteiger partial charge in [0.2, 0.25) is 0 Å².